The first-order valence-electron chi connectivity index (χ1n) is 9.77. The number of carbonyl (C=O) groups is 2. The number of halogens is 1. The number of piperidine rings is 1. The Kier molecular flexibility index (Phi) is 5.09. The molecule has 2 heterocycles. The van der Waals surface area contributed by atoms with E-state index in [1.54, 1.807) is 31.4 Å². The van der Waals surface area contributed by atoms with Crippen LogP contribution in [0.1, 0.15) is 25.3 Å². The number of imide groups is 1. The molecular formula is C23H23FN2O3. The molecule has 0 aliphatic carbocycles. The third-order valence-electron chi connectivity index (χ3n) is 5.50. The van der Waals surface area contributed by atoms with Gasteiger partial charge in [-0.1, -0.05) is 19.1 Å². The van der Waals surface area contributed by atoms with Gasteiger partial charge in [-0.3, -0.25) is 9.59 Å². The lowest BCUT2D eigenvalue weighted by Gasteiger charge is -2.33. The number of amides is 2. The van der Waals surface area contributed by atoms with Crippen molar-refractivity contribution in [1.82, 2.24) is 4.90 Å². The lowest BCUT2D eigenvalue weighted by molar-refractivity contribution is -0.120. The number of benzene rings is 2. The molecule has 0 spiro atoms. The molecule has 1 saturated heterocycles. The smallest absolute Gasteiger partial charge is 0.282 e. The van der Waals surface area contributed by atoms with Crippen LogP contribution in [0.15, 0.2) is 54.2 Å². The van der Waals surface area contributed by atoms with Crippen LogP contribution < -0.4 is 9.64 Å². The van der Waals surface area contributed by atoms with Crippen LogP contribution >= 0.6 is 0 Å². The van der Waals surface area contributed by atoms with E-state index in [0.29, 0.717) is 34.2 Å². The number of hydrogen-bond acceptors (Lipinski definition) is 4. The van der Waals surface area contributed by atoms with Gasteiger partial charge in [-0.05, 0) is 60.7 Å². The van der Waals surface area contributed by atoms with Crippen LogP contribution in [0, 0.1) is 11.7 Å². The molecule has 0 radical (unpaired) electrons. The highest BCUT2D eigenvalue weighted by atomic mass is 19.1. The zero-order valence-electron chi connectivity index (χ0n) is 16.5. The Hall–Kier alpha value is -3.15. The van der Waals surface area contributed by atoms with Crippen LogP contribution in [0.4, 0.5) is 10.1 Å². The summed E-state index contributed by atoms with van der Waals surface area (Å²) >= 11 is 0. The standard InChI is InChI=1S/C23H23FN2O3/c1-15-4-3-13-25(14-15)21-20(16-5-11-19(29-2)12-6-16)22(27)26(23(21)28)18-9-7-17(24)8-10-18/h5-12,15H,3-4,13-14H2,1-2H3. The van der Waals surface area contributed by atoms with Crippen molar-refractivity contribution in [2.24, 2.45) is 5.92 Å². The number of likely N-dealkylation sites (tertiary alicyclic amines) is 1. The largest absolute Gasteiger partial charge is 0.497 e. The van der Waals surface area contributed by atoms with Gasteiger partial charge in [-0.15, -0.1) is 0 Å². The molecule has 2 amide bonds. The summed E-state index contributed by atoms with van der Waals surface area (Å²) in [6.45, 7) is 3.61. The van der Waals surface area contributed by atoms with Gasteiger partial charge in [0, 0.05) is 13.1 Å². The summed E-state index contributed by atoms with van der Waals surface area (Å²) in [6.07, 6.45) is 2.07. The Morgan fingerprint density at radius 2 is 1.69 bits per heavy atom. The van der Waals surface area contributed by atoms with E-state index < -0.39 is 5.82 Å². The summed E-state index contributed by atoms with van der Waals surface area (Å²) in [5, 5.41) is 0. The van der Waals surface area contributed by atoms with Gasteiger partial charge in [-0.2, -0.15) is 0 Å². The average molecular weight is 394 g/mol. The molecule has 150 valence electrons. The second kappa shape index (κ2) is 7.70. The molecule has 2 aliphatic rings. The van der Waals surface area contributed by atoms with Crippen LogP contribution in [0.25, 0.3) is 5.57 Å². The summed E-state index contributed by atoms with van der Waals surface area (Å²) in [6, 6.07) is 12.6. The average Bonchev–Trinajstić information content (AvgIpc) is 2.99. The molecule has 0 saturated carbocycles. The van der Waals surface area contributed by atoms with Crippen molar-refractivity contribution in [3.8, 4) is 5.75 Å². The summed E-state index contributed by atoms with van der Waals surface area (Å²) in [5.41, 5.74) is 1.85. The maximum atomic E-state index is 13.4. The van der Waals surface area contributed by atoms with Crippen LogP contribution in [0.3, 0.4) is 0 Å². The molecule has 29 heavy (non-hydrogen) atoms. The Bertz CT molecular complexity index is 967. The molecule has 2 aliphatic heterocycles. The van der Waals surface area contributed by atoms with Crippen molar-refractivity contribution in [2.45, 2.75) is 19.8 Å². The van der Waals surface area contributed by atoms with Crippen molar-refractivity contribution in [3.05, 3.63) is 65.6 Å². The molecule has 0 bridgehead atoms. The van der Waals surface area contributed by atoms with Crippen LogP contribution in [-0.4, -0.2) is 36.9 Å². The molecule has 2 aromatic rings. The highest BCUT2D eigenvalue weighted by molar-refractivity contribution is 6.45. The SMILES string of the molecule is COc1ccc(C2=C(N3CCCC(C)C3)C(=O)N(c3ccc(F)cc3)C2=O)cc1. The minimum Gasteiger partial charge on any atom is -0.497 e. The minimum absolute atomic E-state index is 0.360. The van der Waals surface area contributed by atoms with Gasteiger partial charge in [-0.25, -0.2) is 9.29 Å². The Labute approximate surface area is 169 Å². The van der Waals surface area contributed by atoms with Gasteiger partial charge in [0.2, 0.25) is 0 Å². The highest BCUT2D eigenvalue weighted by Crippen LogP contribution is 2.36. The maximum Gasteiger partial charge on any atom is 0.282 e. The van der Waals surface area contributed by atoms with Crippen LogP contribution in [0.2, 0.25) is 0 Å². The highest BCUT2D eigenvalue weighted by Gasteiger charge is 2.43. The second-order valence-corrected chi connectivity index (χ2v) is 7.57. The third-order valence-corrected chi connectivity index (χ3v) is 5.50. The first kappa shape index (κ1) is 19.2. The van der Waals surface area contributed by atoms with Crippen molar-refractivity contribution < 1.29 is 18.7 Å². The fraction of sp³-hybridized carbons (Fsp3) is 0.304. The van der Waals surface area contributed by atoms with Crippen molar-refractivity contribution in [1.29, 1.82) is 0 Å². The minimum atomic E-state index is -0.415. The third kappa shape index (κ3) is 3.50. The van der Waals surface area contributed by atoms with E-state index in [-0.39, 0.29) is 11.8 Å². The number of ether oxygens (including phenoxy) is 1. The Morgan fingerprint density at radius 1 is 1.00 bits per heavy atom. The molecule has 2 aromatic carbocycles. The van der Waals surface area contributed by atoms with Gasteiger partial charge in [0.25, 0.3) is 11.8 Å². The lowest BCUT2D eigenvalue weighted by atomic mass is 9.98. The molecular weight excluding hydrogens is 371 g/mol. The number of hydrogen-bond donors (Lipinski definition) is 0. The quantitative estimate of drug-likeness (QED) is 0.739. The van der Waals surface area contributed by atoms with Gasteiger partial charge in [0.05, 0.1) is 18.4 Å². The normalized spacial score (nSPS) is 19.9. The predicted molar refractivity (Wildman–Crippen MR) is 109 cm³/mol. The van der Waals surface area contributed by atoms with E-state index in [0.717, 1.165) is 30.8 Å². The molecule has 1 atom stereocenters. The zero-order chi connectivity index (χ0) is 20.5. The number of methoxy groups -OCH3 is 1. The van der Waals surface area contributed by atoms with E-state index in [1.807, 2.05) is 4.90 Å². The van der Waals surface area contributed by atoms with E-state index in [9.17, 15) is 14.0 Å². The molecule has 1 unspecified atom stereocenters. The number of carbonyl (C=O) groups excluding carboxylic acids is 2. The summed E-state index contributed by atoms with van der Waals surface area (Å²) in [5.74, 6) is -0.0476. The summed E-state index contributed by atoms with van der Waals surface area (Å²) in [4.78, 5) is 30.0. The lowest BCUT2D eigenvalue weighted by Crippen LogP contribution is -2.39. The monoisotopic (exact) mass is 394 g/mol. The molecule has 1 fully saturated rings. The van der Waals surface area contributed by atoms with Gasteiger partial charge < -0.3 is 9.64 Å². The number of nitrogens with zero attached hydrogens (tertiary/aromatic N) is 2. The fourth-order valence-electron chi connectivity index (χ4n) is 4.05. The number of anilines is 1. The predicted octanol–water partition coefficient (Wildman–Crippen LogP) is 3.85. The Morgan fingerprint density at radius 3 is 2.31 bits per heavy atom. The van der Waals surface area contributed by atoms with Gasteiger partial charge in [0.15, 0.2) is 0 Å². The van der Waals surface area contributed by atoms with E-state index in [4.69, 9.17) is 4.74 Å². The number of rotatable bonds is 4. The molecule has 0 N–H and O–H groups in total. The first-order chi connectivity index (χ1) is 14.0. The summed E-state index contributed by atoms with van der Waals surface area (Å²) in [7, 11) is 1.58. The topological polar surface area (TPSA) is 49.9 Å². The van der Waals surface area contributed by atoms with E-state index >= 15 is 0 Å². The molecule has 4 rings (SSSR count). The Balaban J connectivity index is 1.80. The van der Waals surface area contributed by atoms with Crippen molar-refractivity contribution in [3.63, 3.8) is 0 Å². The first-order valence-corrected chi connectivity index (χ1v) is 9.77. The van der Waals surface area contributed by atoms with Crippen molar-refractivity contribution >= 4 is 23.1 Å². The second-order valence-electron chi connectivity index (χ2n) is 7.57. The summed E-state index contributed by atoms with van der Waals surface area (Å²) < 4.78 is 18.6. The maximum absolute atomic E-state index is 13.4. The van der Waals surface area contributed by atoms with E-state index in [1.165, 1.54) is 24.3 Å². The fourth-order valence-corrected chi connectivity index (χ4v) is 4.05. The molecule has 5 nitrogen and oxygen atoms in total. The van der Waals surface area contributed by atoms with Crippen LogP contribution in [-0.2, 0) is 9.59 Å². The van der Waals surface area contributed by atoms with Gasteiger partial charge in [0.1, 0.15) is 17.3 Å². The molecule has 6 heteroatoms. The van der Waals surface area contributed by atoms with Crippen molar-refractivity contribution in [2.75, 3.05) is 25.1 Å². The van der Waals surface area contributed by atoms with Crippen LogP contribution in [0.5, 0.6) is 5.75 Å². The van der Waals surface area contributed by atoms with Gasteiger partial charge >= 0.3 is 0 Å². The van der Waals surface area contributed by atoms with E-state index in [2.05, 4.69) is 6.92 Å². The zero-order valence-corrected chi connectivity index (χ0v) is 16.5. The molecule has 0 aromatic heterocycles.